The molecule has 0 aliphatic carbocycles. The maximum atomic E-state index is 12.8. The molecule has 2 aromatic carbocycles. The number of methoxy groups -OCH3 is 1. The van der Waals surface area contributed by atoms with Crippen LogP contribution in [0.15, 0.2) is 42.5 Å². The standard InChI is InChI=1S/C25H22N2O7/c1-4-21(28)26-24-18(25(31)32)11-8-13-20(24)34-15-9-14-27(22(29)5-2)23(30)16-17-10-6-7-12-19(17)33-3/h1-2,6-8,10-13H,9,14-16H2,3H3,(H,26,28)(H,31,32). The zero-order chi connectivity index (χ0) is 25.1. The van der Waals surface area contributed by atoms with E-state index in [0.29, 0.717) is 11.3 Å². The van der Waals surface area contributed by atoms with Crippen molar-refractivity contribution in [3.63, 3.8) is 0 Å². The highest BCUT2D eigenvalue weighted by Gasteiger charge is 2.22. The quantitative estimate of drug-likeness (QED) is 0.409. The number of carboxylic acid groups (broad SMARTS) is 1. The summed E-state index contributed by atoms with van der Waals surface area (Å²) in [7, 11) is 1.48. The first-order valence-electron chi connectivity index (χ1n) is 10.0. The summed E-state index contributed by atoms with van der Waals surface area (Å²) in [5.41, 5.74) is 0.291. The van der Waals surface area contributed by atoms with E-state index in [2.05, 4.69) is 5.32 Å². The molecule has 0 saturated heterocycles. The molecule has 0 heterocycles. The largest absolute Gasteiger partial charge is 0.496 e. The molecule has 2 aromatic rings. The number of carboxylic acids is 1. The van der Waals surface area contributed by atoms with Gasteiger partial charge in [-0.25, -0.2) is 4.79 Å². The summed E-state index contributed by atoms with van der Waals surface area (Å²) >= 11 is 0. The minimum absolute atomic E-state index is 0.0156. The summed E-state index contributed by atoms with van der Waals surface area (Å²) in [6.07, 6.45) is 10.4. The lowest BCUT2D eigenvalue weighted by molar-refractivity contribution is -0.141. The van der Waals surface area contributed by atoms with Crippen LogP contribution in [-0.2, 0) is 20.8 Å². The maximum Gasteiger partial charge on any atom is 0.337 e. The van der Waals surface area contributed by atoms with Crippen molar-refractivity contribution >= 4 is 29.4 Å². The summed E-state index contributed by atoms with van der Waals surface area (Å²) < 4.78 is 10.8. The number of nitrogens with zero attached hydrogens (tertiary/aromatic N) is 1. The Balaban J connectivity index is 2.09. The average molecular weight is 462 g/mol. The molecule has 174 valence electrons. The van der Waals surface area contributed by atoms with Gasteiger partial charge in [0.1, 0.15) is 11.5 Å². The minimum Gasteiger partial charge on any atom is -0.496 e. The van der Waals surface area contributed by atoms with Crippen LogP contribution >= 0.6 is 0 Å². The molecule has 0 saturated carbocycles. The maximum absolute atomic E-state index is 12.8. The number of imide groups is 1. The van der Waals surface area contributed by atoms with Crippen molar-refractivity contribution in [3.05, 3.63) is 53.6 Å². The first kappa shape index (κ1) is 25.5. The summed E-state index contributed by atoms with van der Waals surface area (Å²) in [6.45, 7) is -0.0556. The van der Waals surface area contributed by atoms with Crippen LogP contribution in [0.1, 0.15) is 22.3 Å². The number of ether oxygens (including phenoxy) is 2. The predicted octanol–water partition coefficient (Wildman–Crippen LogP) is 1.97. The molecular formula is C25H22N2O7. The van der Waals surface area contributed by atoms with Crippen molar-refractivity contribution in [2.75, 3.05) is 25.6 Å². The molecule has 0 atom stereocenters. The van der Waals surface area contributed by atoms with E-state index in [-0.39, 0.29) is 43.0 Å². The van der Waals surface area contributed by atoms with E-state index >= 15 is 0 Å². The van der Waals surface area contributed by atoms with E-state index in [0.717, 1.165) is 4.90 Å². The molecule has 34 heavy (non-hydrogen) atoms. The highest BCUT2D eigenvalue weighted by Crippen LogP contribution is 2.29. The number of carbonyl (C=O) groups excluding carboxylic acids is 3. The van der Waals surface area contributed by atoms with Crippen molar-refractivity contribution < 1.29 is 33.8 Å². The summed E-state index contributed by atoms with van der Waals surface area (Å²) in [5, 5.41) is 11.7. The van der Waals surface area contributed by atoms with Gasteiger partial charge in [-0.1, -0.05) is 24.3 Å². The van der Waals surface area contributed by atoms with Gasteiger partial charge in [0.15, 0.2) is 0 Å². The second-order valence-corrected chi connectivity index (χ2v) is 6.77. The van der Waals surface area contributed by atoms with Crippen molar-refractivity contribution in [1.82, 2.24) is 4.90 Å². The SMILES string of the molecule is C#CC(=O)Nc1c(OCCCN(C(=O)C#C)C(=O)Cc2ccccc2OC)cccc1C(=O)O. The molecule has 3 amide bonds. The van der Waals surface area contributed by atoms with Crippen molar-refractivity contribution in [1.29, 1.82) is 0 Å². The fourth-order valence-electron chi connectivity index (χ4n) is 3.04. The van der Waals surface area contributed by atoms with Crippen LogP contribution in [-0.4, -0.2) is 54.0 Å². The van der Waals surface area contributed by atoms with E-state index in [1.165, 1.54) is 25.3 Å². The number of para-hydroxylation sites is 2. The Morgan fingerprint density at radius 1 is 1.03 bits per heavy atom. The van der Waals surface area contributed by atoms with Gasteiger partial charge in [-0.2, -0.15) is 0 Å². The van der Waals surface area contributed by atoms with Gasteiger partial charge in [-0.05, 0) is 36.5 Å². The Labute approximate surface area is 196 Å². The van der Waals surface area contributed by atoms with Crippen LogP contribution in [0.2, 0.25) is 0 Å². The predicted molar refractivity (Wildman–Crippen MR) is 123 cm³/mol. The molecule has 0 aliphatic heterocycles. The van der Waals surface area contributed by atoms with Crippen molar-refractivity contribution in [2.45, 2.75) is 12.8 Å². The number of hydrogen-bond donors (Lipinski definition) is 2. The number of anilines is 1. The Bertz CT molecular complexity index is 1170. The molecule has 9 nitrogen and oxygen atoms in total. The van der Waals surface area contributed by atoms with Crippen LogP contribution in [0.3, 0.4) is 0 Å². The third kappa shape index (κ3) is 6.62. The average Bonchev–Trinajstić information content (AvgIpc) is 2.84. The number of hydrogen-bond acceptors (Lipinski definition) is 6. The summed E-state index contributed by atoms with van der Waals surface area (Å²) in [5.74, 6) is 0.918. The lowest BCUT2D eigenvalue weighted by Crippen LogP contribution is -2.38. The van der Waals surface area contributed by atoms with E-state index in [4.69, 9.17) is 22.3 Å². The number of nitrogens with one attached hydrogen (secondary N) is 1. The normalized spacial score (nSPS) is 9.74. The number of aromatic carboxylic acids is 1. The van der Waals surface area contributed by atoms with E-state index < -0.39 is 23.7 Å². The van der Waals surface area contributed by atoms with Crippen LogP contribution in [0, 0.1) is 24.7 Å². The fraction of sp³-hybridized carbons (Fsp3) is 0.200. The van der Waals surface area contributed by atoms with Crippen LogP contribution in [0.4, 0.5) is 5.69 Å². The number of benzene rings is 2. The van der Waals surface area contributed by atoms with Crippen LogP contribution < -0.4 is 14.8 Å². The van der Waals surface area contributed by atoms with Crippen LogP contribution in [0.5, 0.6) is 11.5 Å². The summed E-state index contributed by atoms with van der Waals surface area (Å²) in [6, 6.07) is 11.1. The molecular weight excluding hydrogens is 440 g/mol. The molecule has 2 rings (SSSR count). The third-order valence-corrected chi connectivity index (χ3v) is 4.61. The highest BCUT2D eigenvalue weighted by atomic mass is 16.5. The zero-order valence-corrected chi connectivity index (χ0v) is 18.4. The van der Waals surface area contributed by atoms with Gasteiger partial charge in [0.25, 0.3) is 5.91 Å². The first-order valence-corrected chi connectivity index (χ1v) is 10.0. The number of carbonyl (C=O) groups is 4. The molecule has 2 N–H and O–H groups in total. The van der Waals surface area contributed by atoms with Gasteiger partial charge in [0, 0.05) is 12.1 Å². The van der Waals surface area contributed by atoms with E-state index in [1.807, 2.05) is 11.8 Å². The molecule has 0 aromatic heterocycles. The first-order chi connectivity index (χ1) is 16.3. The molecule has 0 bridgehead atoms. The van der Waals surface area contributed by atoms with Gasteiger partial charge in [-0.3, -0.25) is 19.3 Å². The van der Waals surface area contributed by atoms with Gasteiger partial charge >= 0.3 is 11.9 Å². The van der Waals surface area contributed by atoms with E-state index in [1.54, 1.807) is 24.3 Å². The van der Waals surface area contributed by atoms with Gasteiger partial charge < -0.3 is 19.9 Å². The second kappa shape index (κ2) is 12.3. The Morgan fingerprint density at radius 2 is 1.74 bits per heavy atom. The lowest BCUT2D eigenvalue weighted by Gasteiger charge is -2.19. The molecule has 9 heteroatoms. The van der Waals surface area contributed by atoms with Gasteiger partial charge in [0.2, 0.25) is 5.91 Å². The Kier molecular flexibility index (Phi) is 9.24. The smallest absolute Gasteiger partial charge is 0.337 e. The van der Waals surface area contributed by atoms with Crippen molar-refractivity contribution in [3.8, 4) is 36.2 Å². The van der Waals surface area contributed by atoms with Crippen LogP contribution in [0.25, 0.3) is 0 Å². The third-order valence-electron chi connectivity index (χ3n) is 4.61. The zero-order valence-electron chi connectivity index (χ0n) is 18.4. The number of amides is 3. The topological polar surface area (TPSA) is 122 Å². The summed E-state index contributed by atoms with van der Waals surface area (Å²) in [4.78, 5) is 48.9. The molecule has 0 spiro atoms. The Hall–Kier alpha value is -4.76. The van der Waals surface area contributed by atoms with E-state index in [9.17, 15) is 24.3 Å². The monoisotopic (exact) mass is 462 g/mol. The highest BCUT2D eigenvalue weighted by molar-refractivity contribution is 6.08. The minimum atomic E-state index is -1.29. The fourth-order valence-corrected chi connectivity index (χ4v) is 3.04. The number of terminal acetylenes is 2. The molecule has 0 aliphatic rings. The van der Waals surface area contributed by atoms with Gasteiger partial charge in [-0.15, -0.1) is 12.8 Å². The molecule has 0 unspecified atom stereocenters. The molecule has 0 fully saturated rings. The van der Waals surface area contributed by atoms with Gasteiger partial charge in [0.05, 0.1) is 31.4 Å². The second-order valence-electron chi connectivity index (χ2n) is 6.77. The number of rotatable bonds is 10. The van der Waals surface area contributed by atoms with Crippen molar-refractivity contribution in [2.24, 2.45) is 0 Å². The Morgan fingerprint density at radius 3 is 2.38 bits per heavy atom. The lowest BCUT2D eigenvalue weighted by atomic mass is 10.1. The molecule has 0 radical (unpaired) electrons.